The molecule has 1 heterocycles. The van der Waals surface area contributed by atoms with Gasteiger partial charge >= 0.3 is 6.61 Å². The van der Waals surface area contributed by atoms with E-state index in [1.807, 2.05) is 6.07 Å². The molecule has 0 saturated heterocycles. The van der Waals surface area contributed by atoms with Crippen LogP contribution in [0.3, 0.4) is 0 Å². The van der Waals surface area contributed by atoms with Gasteiger partial charge in [-0.1, -0.05) is 42.5 Å². The molecular weight excluding hydrogens is 428 g/mol. The van der Waals surface area contributed by atoms with Crippen LogP contribution in [-0.4, -0.2) is 28.2 Å². The zero-order chi connectivity index (χ0) is 21.8. The number of nitrogens with one attached hydrogen (secondary N) is 1. The van der Waals surface area contributed by atoms with Crippen molar-refractivity contribution < 1.29 is 31.4 Å². The van der Waals surface area contributed by atoms with E-state index in [0.717, 1.165) is 0 Å². The SMILES string of the molecule is O=S(=O)(N[C@@H](c1ccccc1)c1ccc(OC(F)F)cc1)c1ccc2c(c1)OCCO2. The zero-order valence-corrected chi connectivity index (χ0v) is 17.0. The molecule has 3 aromatic carbocycles. The number of rotatable bonds is 7. The summed E-state index contributed by atoms with van der Waals surface area (Å²) in [5.41, 5.74) is 1.25. The minimum absolute atomic E-state index is 0.0137. The van der Waals surface area contributed by atoms with Crippen molar-refractivity contribution in [3.63, 3.8) is 0 Å². The van der Waals surface area contributed by atoms with Crippen molar-refractivity contribution in [1.82, 2.24) is 4.72 Å². The van der Waals surface area contributed by atoms with Crippen LogP contribution >= 0.6 is 0 Å². The summed E-state index contributed by atoms with van der Waals surface area (Å²) >= 11 is 0. The fraction of sp³-hybridized carbons (Fsp3) is 0.182. The van der Waals surface area contributed by atoms with Crippen LogP contribution < -0.4 is 18.9 Å². The molecule has 0 spiro atoms. The average Bonchev–Trinajstić information content (AvgIpc) is 2.78. The maximum absolute atomic E-state index is 13.2. The van der Waals surface area contributed by atoms with Gasteiger partial charge in [-0.3, -0.25) is 0 Å². The molecule has 0 fully saturated rings. The third-order valence-electron chi connectivity index (χ3n) is 4.67. The lowest BCUT2D eigenvalue weighted by molar-refractivity contribution is -0.0498. The van der Waals surface area contributed by atoms with E-state index >= 15 is 0 Å². The highest BCUT2D eigenvalue weighted by molar-refractivity contribution is 7.89. The van der Waals surface area contributed by atoms with Crippen molar-refractivity contribution in [2.75, 3.05) is 13.2 Å². The fourth-order valence-corrected chi connectivity index (χ4v) is 4.46. The van der Waals surface area contributed by atoms with Crippen molar-refractivity contribution in [3.8, 4) is 17.2 Å². The smallest absolute Gasteiger partial charge is 0.387 e. The Bertz CT molecular complexity index is 1140. The normalized spacial score (nSPS) is 14.3. The van der Waals surface area contributed by atoms with Gasteiger partial charge in [-0.05, 0) is 35.4 Å². The molecule has 0 saturated carbocycles. The lowest BCUT2D eigenvalue weighted by Gasteiger charge is -2.22. The third-order valence-corrected chi connectivity index (χ3v) is 6.09. The predicted octanol–water partition coefficient (Wildman–Crippen LogP) is 4.13. The number of hydrogen-bond acceptors (Lipinski definition) is 5. The molecule has 0 radical (unpaired) electrons. The van der Waals surface area contributed by atoms with Gasteiger partial charge in [0.05, 0.1) is 10.9 Å². The summed E-state index contributed by atoms with van der Waals surface area (Å²) in [5.74, 6) is 0.832. The summed E-state index contributed by atoms with van der Waals surface area (Å²) in [6.07, 6.45) is 0. The molecule has 9 heteroatoms. The lowest BCUT2D eigenvalue weighted by Crippen LogP contribution is -2.29. The Balaban J connectivity index is 1.66. The van der Waals surface area contributed by atoms with Crippen molar-refractivity contribution >= 4 is 10.0 Å². The van der Waals surface area contributed by atoms with Gasteiger partial charge in [0, 0.05) is 6.07 Å². The van der Waals surface area contributed by atoms with Gasteiger partial charge in [0.2, 0.25) is 10.0 Å². The lowest BCUT2D eigenvalue weighted by atomic mass is 10.00. The molecule has 0 bridgehead atoms. The van der Waals surface area contributed by atoms with Gasteiger partial charge in [-0.2, -0.15) is 13.5 Å². The number of alkyl halides is 2. The number of sulfonamides is 1. The van der Waals surface area contributed by atoms with Crippen molar-refractivity contribution in [3.05, 3.63) is 83.9 Å². The molecule has 6 nitrogen and oxygen atoms in total. The fourth-order valence-electron chi connectivity index (χ4n) is 3.23. The first-order valence-corrected chi connectivity index (χ1v) is 10.9. The van der Waals surface area contributed by atoms with Crippen LogP contribution in [0.15, 0.2) is 77.7 Å². The number of fused-ring (bicyclic) bond motifs is 1. The van der Waals surface area contributed by atoms with E-state index in [4.69, 9.17) is 9.47 Å². The second kappa shape index (κ2) is 8.91. The second-order valence-electron chi connectivity index (χ2n) is 6.72. The third kappa shape index (κ3) is 4.95. The minimum atomic E-state index is -3.96. The highest BCUT2D eigenvalue weighted by Crippen LogP contribution is 2.33. The molecule has 0 amide bonds. The summed E-state index contributed by atoms with van der Waals surface area (Å²) in [4.78, 5) is 0.0235. The first kappa shape index (κ1) is 21.1. The number of ether oxygens (including phenoxy) is 3. The molecule has 0 aliphatic carbocycles. The van der Waals surface area contributed by atoms with E-state index in [0.29, 0.717) is 35.8 Å². The largest absolute Gasteiger partial charge is 0.486 e. The number of benzene rings is 3. The first-order chi connectivity index (χ1) is 14.9. The number of hydrogen-bond donors (Lipinski definition) is 1. The van der Waals surface area contributed by atoms with Crippen molar-refractivity contribution in [1.29, 1.82) is 0 Å². The van der Waals surface area contributed by atoms with Gasteiger partial charge in [0.15, 0.2) is 11.5 Å². The Morgan fingerprint density at radius 3 is 2.16 bits per heavy atom. The maximum atomic E-state index is 13.2. The molecular formula is C22H19F2NO5S. The summed E-state index contributed by atoms with van der Waals surface area (Å²) in [6.45, 7) is -2.20. The van der Waals surface area contributed by atoms with Crippen LogP contribution in [0.2, 0.25) is 0 Å². The van der Waals surface area contributed by atoms with Gasteiger partial charge in [0.25, 0.3) is 0 Å². The van der Waals surface area contributed by atoms with Gasteiger partial charge < -0.3 is 14.2 Å². The molecule has 1 aliphatic heterocycles. The Hall–Kier alpha value is -3.17. The molecule has 3 aromatic rings. The summed E-state index contributed by atoms with van der Waals surface area (Å²) in [7, 11) is -3.96. The first-order valence-electron chi connectivity index (χ1n) is 9.44. The summed E-state index contributed by atoms with van der Waals surface area (Å²) in [5, 5.41) is 0. The Kier molecular flexibility index (Phi) is 6.06. The number of halogens is 2. The van der Waals surface area contributed by atoms with Crippen LogP contribution in [0.25, 0.3) is 0 Å². The summed E-state index contributed by atoms with van der Waals surface area (Å²) in [6, 6.07) is 18.4. The minimum Gasteiger partial charge on any atom is -0.486 e. The topological polar surface area (TPSA) is 73.9 Å². The van der Waals surface area contributed by atoms with E-state index in [9.17, 15) is 17.2 Å². The molecule has 31 heavy (non-hydrogen) atoms. The van der Waals surface area contributed by atoms with E-state index in [-0.39, 0.29) is 10.6 Å². The van der Waals surface area contributed by atoms with E-state index in [1.165, 1.54) is 24.3 Å². The molecule has 4 rings (SSSR count). The molecule has 1 atom stereocenters. The zero-order valence-electron chi connectivity index (χ0n) is 16.2. The van der Waals surface area contributed by atoms with Gasteiger partial charge in [-0.25, -0.2) is 8.42 Å². The average molecular weight is 447 g/mol. The van der Waals surface area contributed by atoms with E-state index < -0.39 is 22.7 Å². The molecule has 1 N–H and O–H groups in total. The van der Waals surface area contributed by atoms with Crippen molar-refractivity contribution in [2.45, 2.75) is 17.5 Å². The highest BCUT2D eigenvalue weighted by Gasteiger charge is 2.25. The standard InChI is InChI=1S/C22H19F2NO5S/c23-22(24)30-17-8-6-16(7-9-17)21(15-4-2-1-3-5-15)25-31(26,27)18-10-11-19-20(14-18)29-13-12-28-19/h1-11,14,21-22,25H,12-13H2/t21-/m0/s1. The molecule has 0 aromatic heterocycles. The second-order valence-corrected chi connectivity index (χ2v) is 8.43. The van der Waals surface area contributed by atoms with Gasteiger partial charge in [0.1, 0.15) is 19.0 Å². The Morgan fingerprint density at radius 1 is 0.839 bits per heavy atom. The summed E-state index contributed by atoms with van der Waals surface area (Å²) < 4.78 is 69.2. The maximum Gasteiger partial charge on any atom is 0.387 e. The van der Waals surface area contributed by atoms with Crippen LogP contribution in [0, 0.1) is 0 Å². The molecule has 1 aliphatic rings. The van der Waals surface area contributed by atoms with Crippen LogP contribution in [-0.2, 0) is 10.0 Å². The highest BCUT2D eigenvalue weighted by atomic mass is 32.2. The van der Waals surface area contributed by atoms with Crippen LogP contribution in [0.1, 0.15) is 17.2 Å². The van der Waals surface area contributed by atoms with E-state index in [1.54, 1.807) is 42.5 Å². The quantitative estimate of drug-likeness (QED) is 0.590. The van der Waals surface area contributed by atoms with Crippen LogP contribution in [0.5, 0.6) is 17.2 Å². The molecule has 162 valence electrons. The predicted molar refractivity (Wildman–Crippen MR) is 109 cm³/mol. The monoisotopic (exact) mass is 447 g/mol. The Morgan fingerprint density at radius 2 is 1.48 bits per heavy atom. The van der Waals surface area contributed by atoms with Gasteiger partial charge in [-0.15, -0.1) is 0 Å². The van der Waals surface area contributed by atoms with Crippen molar-refractivity contribution in [2.24, 2.45) is 0 Å². The van der Waals surface area contributed by atoms with Crippen LogP contribution in [0.4, 0.5) is 8.78 Å². The Labute approximate surface area is 178 Å². The van der Waals surface area contributed by atoms with E-state index in [2.05, 4.69) is 9.46 Å². The molecule has 0 unspecified atom stereocenters.